The summed E-state index contributed by atoms with van der Waals surface area (Å²) < 4.78 is 105. The Morgan fingerprint density at radius 3 is 2.32 bits per heavy atom. The highest BCUT2D eigenvalue weighted by Gasteiger charge is 2.34. The Hall–Kier alpha value is -3.41. The molecule has 180 valence electrons. The standard InChI is InChI=1S/C22H16F6N2O3S/c1-34(32,33)15-9-13(8-14(10-15)22(26,27)28)21(31)30(12-20(24)25)19-11-29-7-6-17(19)16-4-2-3-5-18(16)23/h2-11,20H,12H2,1H3. The summed E-state index contributed by atoms with van der Waals surface area (Å²) in [5, 5.41) is 0. The first-order chi connectivity index (χ1) is 15.8. The highest BCUT2D eigenvalue weighted by Crippen LogP contribution is 2.35. The van der Waals surface area contributed by atoms with Crippen LogP contribution >= 0.6 is 0 Å². The Balaban J connectivity index is 2.22. The number of halogens is 6. The molecule has 0 N–H and O–H groups in total. The number of carbonyl (C=O) groups excluding carboxylic acids is 1. The number of nitrogens with zero attached hydrogens (tertiary/aromatic N) is 2. The summed E-state index contributed by atoms with van der Waals surface area (Å²) in [5.41, 5.74) is -2.61. The van der Waals surface area contributed by atoms with Crippen molar-refractivity contribution in [2.75, 3.05) is 17.7 Å². The Labute approximate surface area is 190 Å². The predicted molar refractivity (Wildman–Crippen MR) is 112 cm³/mol. The van der Waals surface area contributed by atoms with E-state index in [9.17, 15) is 39.6 Å². The molecule has 2 aromatic carbocycles. The van der Waals surface area contributed by atoms with Crippen molar-refractivity contribution < 1.29 is 39.6 Å². The number of alkyl halides is 5. The molecule has 0 aliphatic heterocycles. The number of hydrogen-bond donors (Lipinski definition) is 0. The number of sulfone groups is 1. The molecule has 3 rings (SSSR count). The number of benzene rings is 2. The quantitative estimate of drug-likeness (QED) is 0.434. The fraction of sp³-hybridized carbons (Fsp3) is 0.182. The second-order valence-corrected chi connectivity index (χ2v) is 9.21. The van der Waals surface area contributed by atoms with Gasteiger partial charge in [-0.2, -0.15) is 13.2 Å². The van der Waals surface area contributed by atoms with Gasteiger partial charge >= 0.3 is 6.18 Å². The van der Waals surface area contributed by atoms with E-state index in [1.807, 2.05) is 0 Å². The van der Waals surface area contributed by atoms with Gasteiger partial charge in [-0.15, -0.1) is 0 Å². The lowest BCUT2D eigenvalue weighted by atomic mass is 10.0. The van der Waals surface area contributed by atoms with Gasteiger partial charge in [0.05, 0.1) is 28.9 Å². The SMILES string of the molecule is CS(=O)(=O)c1cc(C(=O)N(CC(F)F)c2cnccc2-c2ccccc2F)cc(C(F)(F)F)c1. The molecule has 0 saturated heterocycles. The minimum atomic E-state index is -5.02. The number of aromatic nitrogens is 1. The van der Waals surface area contributed by atoms with Crippen molar-refractivity contribution in [1.82, 2.24) is 4.98 Å². The first-order valence-electron chi connectivity index (χ1n) is 9.50. The molecule has 3 aromatic rings. The van der Waals surface area contributed by atoms with Gasteiger partial charge in [-0.3, -0.25) is 9.78 Å². The van der Waals surface area contributed by atoms with E-state index in [4.69, 9.17) is 0 Å². The van der Waals surface area contributed by atoms with Crippen LogP contribution in [0.1, 0.15) is 15.9 Å². The van der Waals surface area contributed by atoms with Crippen LogP contribution in [0.3, 0.4) is 0 Å². The molecule has 0 saturated carbocycles. The van der Waals surface area contributed by atoms with Crippen LogP contribution in [0.25, 0.3) is 11.1 Å². The fourth-order valence-electron chi connectivity index (χ4n) is 3.19. The summed E-state index contributed by atoms with van der Waals surface area (Å²) in [6.07, 6.45) is -5.28. The molecule has 1 aromatic heterocycles. The molecular formula is C22H16F6N2O3S. The monoisotopic (exact) mass is 502 g/mol. The van der Waals surface area contributed by atoms with Crippen molar-refractivity contribution in [3.63, 3.8) is 0 Å². The molecule has 12 heteroatoms. The third kappa shape index (κ3) is 5.56. The van der Waals surface area contributed by atoms with Gasteiger partial charge in [0.1, 0.15) is 5.82 Å². The molecule has 1 heterocycles. The lowest BCUT2D eigenvalue weighted by Crippen LogP contribution is -2.36. The van der Waals surface area contributed by atoms with Gasteiger partial charge in [-0.1, -0.05) is 18.2 Å². The van der Waals surface area contributed by atoms with Crippen molar-refractivity contribution in [3.8, 4) is 11.1 Å². The number of rotatable bonds is 6. The Morgan fingerprint density at radius 2 is 1.74 bits per heavy atom. The predicted octanol–water partition coefficient (Wildman–Crippen LogP) is 5.22. The number of anilines is 1. The zero-order valence-corrected chi connectivity index (χ0v) is 18.2. The van der Waals surface area contributed by atoms with Gasteiger partial charge in [-0.05, 0) is 30.3 Å². The summed E-state index contributed by atoms with van der Waals surface area (Å²) in [6.45, 7) is -1.27. The second-order valence-electron chi connectivity index (χ2n) is 7.20. The first kappa shape index (κ1) is 25.2. The Bertz CT molecular complexity index is 1330. The highest BCUT2D eigenvalue weighted by molar-refractivity contribution is 7.90. The Morgan fingerprint density at radius 1 is 1.06 bits per heavy atom. The van der Waals surface area contributed by atoms with Gasteiger partial charge in [0, 0.05) is 29.1 Å². The average Bonchev–Trinajstić information content (AvgIpc) is 2.76. The van der Waals surface area contributed by atoms with E-state index in [1.54, 1.807) is 0 Å². The van der Waals surface area contributed by atoms with E-state index in [1.165, 1.54) is 30.5 Å². The van der Waals surface area contributed by atoms with Crippen LogP contribution in [0.2, 0.25) is 0 Å². The molecule has 5 nitrogen and oxygen atoms in total. The molecule has 0 unspecified atom stereocenters. The maximum atomic E-state index is 14.4. The van der Waals surface area contributed by atoms with E-state index in [2.05, 4.69) is 4.98 Å². The average molecular weight is 502 g/mol. The molecule has 0 spiro atoms. The van der Waals surface area contributed by atoms with Crippen LogP contribution in [0.15, 0.2) is 65.8 Å². The molecule has 0 bridgehead atoms. The number of carbonyl (C=O) groups is 1. The van der Waals surface area contributed by atoms with Gasteiger partial charge in [0.2, 0.25) is 0 Å². The topological polar surface area (TPSA) is 67.3 Å². The largest absolute Gasteiger partial charge is 0.416 e. The zero-order valence-electron chi connectivity index (χ0n) is 17.4. The molecular weight excluding hydrogens is 486 g/mol. The van der Waals surface area contributed by atoms with Crippen LogP contribution < -0.4 is 4.90 Å². The Kier molecular flexibility index (Phi) is 7.01. The fourth-order valence-corrected chi connectivity index (χ4v) is 3.88. The van der Waals surface area contributed by atoms with Crippen LogP contribution in [0.5, 0.6) is 0 Å². The number of pyridine rings is 1. The summed E-state index contributed by atoms with van der Waals surface area (Å²) >= 11 is 0. The highest BCUT2D eigenvalue weighted by atomic mass is 32.2. The summed E-state index contributed by atoms with van der Waals surface area (Å²) in [7, 11) is -4.19. The van der Waals surface area contributed by atoms with Crippen LogP contribution in [-0.4, -0.2) is 38.5 Å². The maximum absolute atomic E-state index is 14.4. The van der Waals surface area contributed by atoms with Crippen molar-refractivity contribution in [2.45, 2.75) is 17.5 Å². The molecule has 1 amide bonds. The van der Waals surface area contributed by atoms with E-state index in [-0.39, 0.29) is 16.8 Å². The lowest BCUT2D eigenvalue weighted by Gasteiger charge is -2.25. The minimum absolute atomic E-state index is 0.0163. The summed E-state index contributed by atoms with van der Waals surface area (Å²) in [4.78, 5) is 16.6. The van der Waals surface area contributed by atoms with Crippen molar-refractivity contribution in [3.05, 3.63) is 77.9 Å². The van der Waals surface area contributed by atoms with Gasteiger partial charge < -0.3 is 4.90 Å². The second kappa shape index (κ2) is 9.45. The lowest BCUT2D eigenvalue weighted by molar-refractivity contribution is -0.137. The smallest absolute Gasteiger partial charge is 0.300 e. The van der Waals surface area contributed by atoms with Gasteiger partial charge in [0.15, 0.2) is 9.84 Å². The maximum Gasteiger partial charge on any atom is 0.416 e. The van der Waals surface area contributed by atoms with Crippen LogP contribution in [0, 0.1) is 5.82 Å². The van der Waals surface area contributed by atoms with Crippen molar-refractivity contribution in [2.24, 2.45) is 0 Å². The summed E-state index contributed by atoms with van der Waals surface area (Å²) in [5.74, 6) is -2.08. The van der Waals surface area contributed by atoms with Crippen molar-refractivity contribution in [1.29, 1.82) is 0 Å². The molecule has 0 atom stereocenters. The zero-order chi connectivity index (χ0) is 25.3. The number of amides is 1. The molecule has 0 aliphatic carbocycles. The van der Waals surface area contributed by atoms with Crippen molar-refractivity contribution >= 4 is 21.4 Å². The third-order valence-corrected chi connectivity index (χ3v) is 5.82. The van der Waals surface area contributed by atoms with E-state index >= 15 is 0 Å². The van der Waals surface area contributed by atoms with Gasteiger partial charge in [0.25, 0.3) is 12.3 Å². The normalized spacial score (nSPS) is 12.1. The third-order valence-electron chi connectivity index (χ3n) is 4.73. The molecule has 34 heavy (non-hydrogen) atoms. The van der Waals surface area contributed by atoms with Crippen LogP contribution in [-0.2, 0) is 16.0 Å². The van der Waals surface area contributed by atoms with E-state index in [0.717, 1.165) is 12.3 Å². The molecule has 0 fully saturated rings. The first-order valence-corrected chi connectivity index (χ1v) is 11.4. The van der Waals surface area contributed by atoms with Crippen LogP contribution in [0.4, 0.5) is 32.0 Å². The van der Waals surface area contributed by atoms with E-state index in [0.29, 0.717) is 29.4 Å². The summed E-state index contributed by atoms with van der Waals surface area (Å²) in [6, 6.07) is 7.92. The minimum Gasteiger partial charge on any atom is -0.300 e. The van der Waals surface area contributed by atoms with E-state index < -0.39 is 56.7 Å². The number of hydrogen-bond acceptors (Lipinski definition) is 4. The molecule has 0 radical (unpaired) electrons. The molecule has 0 aliphatic rings. The van der Waals surface area contributed by atoms with Gasteiger partial charge in [-0.25, -0.2) is 21.6 Å².